The van der Waals surface area contributed by atoms with Gasteiger partial charge in [0.2, 0.25) is 0 Å². The van der Waals surface area contributed by atoms with E-state index in [1.165, 1.54) is 103 Å². The number of ether oxygens (including phenoxy) is 2. The van der Waals surface area contributed by atoms with E-state index >= 15 is 0 Å². The fourth-order valence-electron chi connectivity index (χ4n) is 6.75. The molecule has 0 fully saturated rings. The van der Waals surface area contributed by atoms with E-state index in [2.05, 4.69) is 48.0 Å². The lowest BCUT2D eigenvalue weighted by molar-refractivity contribution is -0.161. The highest BCUT2D eigenvalue weighted by Gasteiger charge is 2.28. The molecule has 0 saturated carbocycles. The third kappa shape index (κ3) is 45.8. The zero-order valence-corrected chi connectivity index (χ0v) is 42.0. The molecule has 0 aromatic carbocycles. The second kappa shape index (κ2) is 42.4. The highest BCUT2D eigenvalue weighted by Crippen LogP contribution is 2.44. The minimum absolute atomic E-state index is 0.0948. The summed E-state index contributed by atoms with van der Waals surface area (Å²) in [5.74, 6) is -0.495. The lowest BCUT2D eigenvalue weighted by Crippen LogP contribution is -2.30. The van der Waals surface area contributed by atoms with Crippen molar-refractivity contribution >= 4 is 27.6 Å². The second-order valence-electron chi connectivity index (χ2n) is 17.5. The molecule has 15 nitrogen and oxygen atoms in total. The van der Waals surface area contributed by atoms with Gasteiger partial charge in [0, 0.05) is 12.8 Å². The molecular weight excluding hydrogens is 878 g/mol. The van der Waals surface area contributed by atoms with E-state index in [9.17, 15) is 38.9 Å². The number of esters is 2. The summed E-state index contributed by atoms with van der Waals surface area (Å²) in [6, 6.07) is 0. The van der Waals surface area contributed by atoms with Gasteiger partial charge >= 0.3 is 27.6 Å². The highest BCUT2D eigenvalue weighted by molar-refractivity contribution is 7.47. The zero-order chi connectivity index (χ0) is 48.4. The lowest BCUT2D eigenvalue weighted by Gasteiger charge is -2.21. The van der Waals surface area contributed by atoms with E-state index in [-0.39, 0.29) is 32.1 Å². The predicted molar refractivity (Wildman–Crippen MR) is 256 cm³/mol. The first kappa shape index (κ1) is 63.3. The molecule has 0 aliphatic heterocycles. The average Bonchev–Trinajstić information content (AvgIpc) is 3.25. The fraction of sp³-hybridized carbons (Fsp3) is 0.833. The summed E-state index contributed by atoms with van der Waals surface area (Å²) in [6.45, 7) is 3.77. The van der Waals surface area contributed by atoms with E-state index in [1.54, 1.807) is 6.08 Å². The first-order valence-electron chi connectivity index (χ1n) is 24.7. The largest absolute Gasteiger partial charge is 0.472 e. The van der Waals surface area contributed by atoms with Crippen LogP contribution in [0.2, 0.25) is 0 Å². The van der Waals surface area contributed by atoms with E-state index in [1.807, 2.05) is 12.2 Å². The first-order chi connectivity index (χ1) is 31.0. The van der Waals surface area contributed by atoms with Gasteiger partial charge in [-0.15, -0.1) is 0 Å². The number of allylic oxidation sites excluding steroid dienone is 5. The molecule has 0 bridgehead atoms. The van der Waals surface area contributed by atoms with Gasteiger partial charge in [-0.05, 0) is 57.3 Å². The van der Waals surface area contributed by atoms with Crippen molar-refractivity contribution in [3.63, 3.8) is 0 Å². The predicted octanol–water partition coefficient (Wildman–Crippen LogP) is 11.0. The number of phosphoric ester groups is 2. The van der Waals surface area contributed by atoms with Crippen LogP contribution < -0.4 is 0 Å². The van der Waals surface area contributed by atoms with Crippen molar-refractivity contribution in [1.82, 2.24) is 0 Å². The van der Waals surface area contributed by atoms with Gasteiger partial charge in [0.15, 0.2) is 6.10 Å². The Morgan fingerprint density at radius 2 is 1.02 bits per heavy atom. The van der Waals surface area contributed by atoms with Gasteiger partial charge in [-0.3, -0.25) is 23.2 Å². The van der Waals surface area contributed by atoms with Crippen molar-refractivity contribution in [3.05, 3.63) is 36.5 Å². The van der Waals surface area contributed by atoms with E-state index < -0.39 is 78.4 Å². The van der Waals surface area contributed by atoms with Gasteiger partial charge in [-0.2, -0.15) is 0 Å². The Hall–Kier alpha value is -1.74. The van der Waals surface area contributed by atoms with Gasteiger partial charge in [0.05, 0.1) is 32.0 Å². The van der Waals surface area contributed by atoms with Gasteiger partial charge in [0.25, 0.3) is 0 Å². The summed E-state index contributed by atoms with van der Waals surface area (Å²) < 4.78 is 47.7. The summed E-state index contributed by atoms with van der Waals surface area (Å²) in [4.78, 5) is 52.9. The maximum atomic E-state index is 12.7. The van der Waals surface area contributed by atoms with Crippen molar-refractivity contribution in [1.29, 1.82) is 0 Å². The van der Waals surface area contributed by atoms with Gasteiger partial charge in [-0.25, -0.2) is 9.13 Å². The van der Waals surface area contributed by atoms with Crippen molar-refractivity contribution in [2.24, 2.45) is 5.92 Å². The van der Waals surface area contributed by atoms with Gasteiger partial charge in [-0.1, -0.05) is 173 Å². The molecule has 0 rings (SSSR count). The zero-order valence-electron chi connectivity index (χ0n) is 40.2. The number of rotatable bonds is 46. The van der Waals surface area contributed by atoms with Crippen molar-refractivity contribution in [3.8, 4) is 0 Å². The SMILES string of the molecule is CCCCC/C=C\C/C=C\C/C=C\CC(O)C(O)CCCC(=O)O[C@H](COC(=O)CCCCCCCCCCCCCCCCCCC(C)C)COP(=O)(O)OC[C@@H](O)COP(=O)(O)O. The Morgan fingerprint density at radius 1 is 0.523 bits per heavy atom. The first-order valence-corrected chi connectivity index (χ1v) is 27.7. The summed E-state index contributed by atoms with van der Waals surface area (Å²) in [6.07, 6.45) is 34.4. The minimum Gasteiger partial charge on any atom is -0.462 e. The Morgan fingerprint density at radius 3 is 1.57 bits per heavy atom. The molecule has 0 aliphatic carbocycles. The topological polar surface area (TPSA) is 236 Å². The number of aliphatic hydroxyl groups excluding tert-OH is 3. The van der Waals surface area contributed by atoms with Gasteiger partial charge < -0.3 is 39.5 Å². The summed E-state index contributed by atoms with van der Waals surface area (Å²) in [5, 5.41) is 30.6. The number of carbonyl (C=O) groups is 2. The Bertz CT molecular complexity index is 1340. The second-order valence-corrected chi connectivity index (χ2v) is 20.2. The molecule has 17 heteroatoms. The molecule has 0 radical (unpaired) electrons. The molecule has 3 unspecified atom stereocenters. The molecule has 0 saturated heterocycles. The molecule has 65 heavy (non-hydrogen) atoms. The molecule has 0 heterocycles. The third-order valence-corrected chi connectivity index (χ3v) is 12.1. The fourth-order valence-corrected chi connectivity index (χ4v) is 7.91. The Balaban J connectivity index is 4.63. The van der Waals surface area contributed by atoms with E-state index in [4.69, 9.17) is 23.8 Å². The Labute approximate surface area is 392 Å². The monoisotopic (exact) mass is 969 g/mol. The molecular formula is C48H90O15P2. The van der Waals surface area contributed by atoms with Crippen molar-refractivity contribution in [2.75, 3.05) is 26.4 Å². The van der Waals surface area contributed by atoms with Crippen LogP contribution in [0.3, 0.4) is 0 Å². The summed E-state index contributed by atoms with van der Waals surface area (Å²) in [7, 11) is -9.79. The van der Waals surface area contributed by atoms with Crippen LogP contribution in [0.4, 0.5) is 0 Å². The normalized spacial score (nSPS) is 15.2. The van der Waals surface area contributed by atoms with Gasteiger partial charge in [0.1, 0.15) is 12.7 Å². The number of carbonyl (C=O) groups excluding carboxylic acids is 2. The summed E-state index contributed by atoms with van der Waals surface area (Å²) >= 11 is 0. The number of unbranched alkanes of at least 4 members (excludes halogenated alkanes) is 18. The Kier molecular flexibility index (Phi) is 41.2. The number of aliphatic hydroxyl groups is 3. The minimum atomic E-state index is -4.90. The van der Waals surface area contributed by atoms with Crippen LogP contribution in [-0.2, 0) is 41.8 Å². The van der Waals surface area contributed by atoms with Crippen molar-refractivity contribution in [2.45, 2.75) is 225 Å². The standard InChI is InChI=1S/C48H90O15P2/c1-4-5-6-7-8-9-10-18-21-24-27-30-34-45(50)46(51)35-32-37-48(53)63-44(41-62-65(57,58)61-39-43(49)38-60-64(54,55)56)40-59-47(52)36-31-28-25-22-19-16-14-12-11-13-15-17-20-23-26-29-33-42(2)3/h8-9,18,21,27,30,42-46,49-51H,4-7,10-17,19-20,22-26,28-29,31-41H2,1-3H3,(H,57,58)(H2,54,55,56)/b9-8-,21-18-,30-27-/t43-,44+,45?,46?/m0/s1. The van der Waals surface area contributed by atoms with Crippen LogP contribution in [0.25, 0.3) is 0 Å². The average molecular weight is 969 g/mol. The molecule has 5 atom stereocenters. The lowest BCUT2D eigenvalue weighted by atomic mass is 10.0. The molecule has 0 aromatic rings. The molecule has 0 spiro atoms. The van der Waals surface area contributed by atoms with E-state index in [0.717, 1.165) is 38.0 Å². The van der Waals surface area contributed by atoms with Crippen LogP contribution in [0.1, 0.15) is 201 Å². The maximum absolute atomic E-state index is 12.7. The molecule has 6 N–H and O–H groups in total. The van der Waals surface area contributed by atoms with E-state index in [0.29, 0.717) is 12.8 Å². The summed E-state index contributed by atoms with van der Waals surface area (Å²) in [5.41, 5.74) is 0. The number of hydrogen-bond acceptors (Lipinski definition) is 12. The quantitative estimate of drug-likeness (QED) is 0.0144. The molecule has 0 amide bonds. The molecule has 0 aliphatic rings. The van der Waals surface area contributed by atoms with Crippen LogP contribution in [0.5, 0.6) is 0 Å². The van der Waals surface area contributed by atoms with Crippen molar-refractivity contribution < 1.29 is 71.8 Å². The van der Waals surface area contributed by atoms with Crippen LogP contribution in [0.15, 0.2) is 36.5 Å². The smallest absolute Gasteiger partial charge is 0.462 e. The van der Waals surface area contributed by atoms with Crippen LogP contribution in [-0.4, -0.2) is 92.8 Å². The van der Waals surface area contributed by atoms with Crippen LogP contribution in [0, 0.1) is 5.92 Å². The number of phosphoric acid groups is 2. The maximum Gasteiger partial charge on any atom is 0.472 e. The molecule has 382 valence electrons. The third-order valence-electron chi connectivity index (χ3n) is 10.7. The molecule has 0 aromatic heterocycles. The highest BCUT2D eigenvalue weighted by atomic mass is 31.2. The number of hydrogen-bond donors (Lipinski definition) is 6. The van der Waals surface area contributed by atoms with Crippen LogP contribution >= 0.6 is 15.6 Å².